The lowest BCUT2D eigenvalue weighted by Crippen LogP contribution is -2.18. The summed E-state index contributed by atoms with van der Waals surface area (Å²) in [7, 11) is 0. The molecule has 5 nitrogen and oxygen atoms in total. The zero-order chi connectivity index (χ0) is 20.1. The maximum atomic E-state index is 12.9. The Bertz CT molecular complexity index is 1000. The molecule has 0 spiro atoms. The number of nitrogens with zero attached hydrogens (tertiary/aromatic N) is 3. The molecular formula is C24H24N4O. The molecule has 3 aromatic rings. The van der Waals surface area contributed by atoms with Crippen molar-refractivity contribution in [3.05, 3.63) is 78.0 Å². The topological polar surface area (TPSA) is 70.7 Å². The van der Waals surface area contributed by atoms with Gasteiger partial charge >= 0.3 is 0 Å². The van der Waals surface area contributed by atoms with Crippen molar-refractivity contribution in [2.75, 3.05) is 5.32 Å². The smallest absolute Gasteiger partial charge is 0.226 e. The number of hydrogen-bond acceptors (Lipinski definition) is 3. The molecule has 0 radical (unpaired) electrons. The summed E-state index contributed by atoms with van der Waals surface area (Å²) in [6.07, 6.45) is 4.10. The maximum Gasteiger partial charge on any atom is 0.226 e. The number of benzene rings is 2. The molecule has 5 heteroatoms. The summed E-state index contributed by atoms with van der Waals surface area (Å²) in [6.45, 7) is 0. The number of hydrogen-bond donors (Lipinski definition) is 1. The maximum absolute atomic E-state index is 12.9. The SMILES string of the molecule is N#CCC(CC(=O)Nc1cc(C2CCC2)nn1-c1ccccc1)c1ccccc1. The number of carbonyl (C=O) groups is 1. The highest BCUT2D eigenvalue weighted by Crippen LogP contribution is 2.37. The first-order chi connectivity index (χ1) is 14.2. The minimum Gasteiger partial charge on any atom is -0.311 e. The van der Waals surface area contributed by atoms with E-state index >= 15 is 0 Å². The van der Waals surface area contributed by atoms with Crippen molar-refractivity contribution in [2.45, 2.75) is 43.9 Å². The summed E-state index contributed by atoms with van der Waals surface area (Å²) in [4.78, 5) is 12.9. The van der Waals surface area contributed by atoms with Crippen LogP contribution in [0, 0.1) is 11.3 Å². The van der Waals surface area contributed by atoms with Crippen LogP contribution in [-0.4, -0.2) is 15.7 Å². The Labute approximate surface area is 171 Å². The predicted octanol–water partition coefficient (Wildman–Crippen LogP) is 5.17. The lowest BCUT2D eigenvalue weighted by Gasteiger charge is -2.22. The number of aromatic nitrogens is 2. The third-order valence-corrected chi connectivity index (χ3v) is 5.56. The van der Waals surface area contributed by atoms with Crippen LogP contribution in [0.2, 0.25) is 0 Å². The van der Waals surface area contributed by atoms with Gasteiger partial charge in [-0.05, 0) is 30.5 Å². The number of nitrogens with one attached hydrogen (secondary N) is 1. The highest BCUT2D eigenvalue weighted by Gasteiger charge is 2.25. The van der Waals surface area contributed by atoms with Crippen molar-refractivity contribution in [1.29, 1.82) is 5.26 Å². The summed E-state index contributed by atoms with van der Waals surface area (Å²) < 4.78 is 1.81. The van der Waals surface area contributed by atoms with Gasteiger partial charge in [-0.2, -0.15) is 10.4 Å². The molecule has 0 saturated heterocycles. The fourth-order valence-corrected chi connectivity index (χ4v) is 3.72. The van der Waals surface area contributed by atoms with Crippen LogP contribution < -0.4 is 5.32 Å². The van der Waals surface area contributed by atoms with Gasteiger partial charge in [0.1, 0.15) is 5.82 Å². The molecule has 29 heavy (non-hydrogen) atoms. The van der Waals surface area contributed by atoms with E-state index in [1.54, 1.807) is 0 Å². The Kier molecular flexibility index (Phi) is 5.71. The largest absolute Gasteiger partial charge is 0.311 e. The highest BCUT2D eigenvalue weighted by atomic mass is 16.1. The van der Waals surface area contributed by atoms with E-state index in [1.807, 2.05) is 71.4 Å². The van der Waals surface area contributed by atoms with Crippen LogP contribution in [0.25, 0.3) is 5.69 Å². The van der Waals surface area contributed by atoms with Crippen LogP contribution in [0.15, 0.2) is 66.7 Å². The van der Waals surface area contributed by atoms with Crippen LogP contribution in [-0.2, 0) is 4.79 Å². The molecule has 0 bridgehead atoms. The number of carbonyl (C=O) groups excluding carboxylic acids is 1. The summed E-state index contributed by atoms with van der Waals surface area (Å²) in [5, 5.41) is 17.0. The third-order valence-electron chi connectivity index (χ3n) is 5.56. The first-order valence-electron chi connectivity index (χ1n) is 10.1. The van der Waals surface area contributed by atoms with E-state index in [9.17, 15) is 10.1 Å². The number of amides is 1. The Morgan fingerprint density at radius 3 is 2.45 bits per heavy atom. The van der Waals surface area contributed by atoms with E-state index in [0.29, 0.717) is 18.2 Å². The average molecular weight is 384 g/mol. The fraction of sp³-hybridized carbons (Fsp3) is 0.292. The average Bonchev–Trinajstić information content (AvgIpc) is 3.10. The number of para-hydroxylation sites is 1. The first kappa shape index (κ1) is 18.9. The Hall–Kier alpha value is -3.39. The van der Waals surface area contributed by atoms with E-state index in [-0.39, 0.29) is 18.2 Å². The van der Waals surface area contributed by atoms with Crippen LogP contribution in [0.3, 0.4) is 0 Å². The molecule has 2 aromatic carbocycles. The number of anilines is 1. The lowest BCUT2D eigenvalue weighted by molar-refractivity contribution is -0.116. The van der Waals surface area contributed by atoms with Crippen LogP contribution in [0.1, 0.15) is 55.2 Å². The standard InChI is InChI=1S/C24H24N4O/c25-15-14-20(18-8-3-1-4-9-18)16-24(29)26-23-17-22(19-10-7-11-19)27-28(23)21-12-5-2-6-13-21/h1-6,8-9,12-13,17,19-20H,7,10-11,14,16H2,(H,26,29). The third kappa shape index (κ3) is 4.38. The predicted molar refractivity (Wildman–Crippen MR) is 113 cm³/mol. The molecule has 0 aliphatic heterocycles. The molecule has 4 rings (SSSR count). The van der Waals surface area contributed by atoms with Gasteiger partial charge in [-0.15, -0.1) is 0 Å². The van der Waals surface area contributed by atoms with Crippen molar-refractivity contribution in [3.8, 4) is 11.8 Å². The molecule has 1 unspecified atom stereocenters. The van der Waals surface area contributed by atoms with Crippen molar-refractivity contribution >= 4 is 11.7 Å². The van der Waals surface area contributed by atoms with Gasteiger partial charge in [-0.3, -0.25) is 4.79 Å². The zero-order valence-electron chi connectivity index (χ0n) is 16.3. The minimum absolute atomic E-state index is 0.105. The van der Waals surface area contributed by atoms with Crippen LogP contribution in [0.5, 0.6) is 0 Å². The summed E-state index contributed by atoms with van der Waals surface area (Å²) in [5.41, 5.74) is 2.97. The molecule has 1 atom stereocenters. The van der Waals surface area contributed by atoms with E-state index in [4.69, 9.17) is 5.10 Å². The van der Waals surface area contributed by atoms with Crippen molar-refractivity contribution in [1.82, 2.24) is 9.78 Å². The zero-order valence-corrected chi connectivity index (χ0v) is 16.3. The van der Waals surface area contributed by atoms with Gasteiger partial charge in [0.15, 0.2) is 0 Å². The normalized spacial score (nSPS) is 14.6. The number of rotatable bonds is 7. The summed E-state index contributed by atoms with van der Waals surface area (Å²) >= 11 is 0. The van der Waals surface area contributed by atoms with Crippen molar-refractivity contribution < 1.29 is 4.79 Å². The first-order valence-corrected chi connectivity index (χ1v) is 10.1. The number of nitriles is 1. The van der Waals surface area contributed by atoms with Gasteiger partial charge in [-0.1, -0.05) is 55.0 Å². The second-order valence-corrected chi connectivity index (χ2v) is 7.55. The molecule has 1 heterocycles. The highest BCUT2D eigenvalue weighted by molar-refractivity contribution is 5.90. The van der Waals surface area contributed by atoms with Gasteiger partial charge in [0.25, 0.3) is 0 Å². The molecule has 1 N–H and O–H groups in total. The molecule has 1 amide bonds. The van der Waals surface area contributed by atoms with Crippen LogP contribution >= 0.6 is 0 Å². The van der Waals surface area contributed by atoms with Gasteiger partial charge < -0.3 is 5.32 Å². The molecule has 1 aliphatic rings. The quantitative estimate of drug-likeness (QED) is 0.611. The van der Waals surface area contributed by atoms with E-state index in [0.717, 1.165) is 29.8 Å². The van der Waals surface area contributed by atoms with Gasteiger partial charge in [0.05, 0.1) is 17.5 Å². The summed E-state index contributed by atoms with van der Waals surface area (Å²) in [5.74, 6) is 0.935. The molecule has 146 valence electrons. The molecular weight excluding hydrogens is 360 g/mol. The fourth-order valence-electron chi connectivity index (χ4n) is 3.72. The van der Waals surface area contributed by atoms with Gasteiger partial charge in [-0.25, -0.2) is 4.68 Å². The van der Waals surface area contributed by atoms with Crippen molar-refractivity contribution in [2.24, 2.45) is 0 Å². The minimum atomic E-state index is -0.125. The second-order valence-electron chi connectivity index (χ2n) is 7.55. The molecule has 1 aliphatic carbocycles. The van der Waals surface area contributed by atoms with Gasteiger partial charge in [0, 0.05) is 30.7 Å². The Balaban J connectivity index is 1.55. The Morgan fingerprint density at radius 2 is 1.83 bits per heavy atom. The van der Waals surface area contributed by atoms with E-state index in [2.05, 4.69) is 11.4 Å². The van der Waals surface area contributed by atoms with E-state index < -0.39 is 0 Å². The molecule has 1 saturated carbocycles. The second kappa shape index (κ2) is 8.74. The Morgan fingerprint density at radius 1 is 1.14 bits per heavy atom. The van der Waals surface area contributed by atoms with E-state index in [1.165, 1.54) is 6.42 Å². The monoisotopic (exact) mass is 384 g/mol. The van der Waals surface area contributed by atoms with Crippen molar-refractivity contribution in [3.63, 3.8) is 0 Å². The summed E-state index contributed by atoms with van der Waals surface area (Å²) in [6, 6.07) is 23.8. The molecule has 1 fully saturated rings. The van der Waals surface area contributed by atoms with Crippen LogP contribution in [0.4, 0.5) is 5.82 Å². The lowest BCUT2D eigenvalue weighted by atomic mass is 9.83. The van der Waals surface area contributed by atoms with Gasteiger partial charge in [0.2, 0.25) is 5.91 Å². The molecule has 1 aromatic heterocycles.